The number of hydrogen-bond acceptors (Lipinski definition) is 9. The van der Waals surface area contributed by atoms with Crippen molar-refractivity contribution in [2.75, 3.05) is 19.8 Å². The minimum atomic E-state index is -4.72. The molecule has 3 unspecified atom stereocenters. The van der Waals surface area contributed by atoms with Gasteiger partial charge in [0.05, 0.1) is 13.2 Å². The molecule has 0 aliphatic carbocycles. The van der Waals surface area contributed by atoms with Crippen LogP contribution in [0.1, 0.15) is 226 Å². The highest BCUT2D eigenvalue weighted by Gasteiger charge is 2.28. The number of carbonyl (C=O) groups is 3. The van der Waals surface area contributed by atoms with Crippen molar-refractivity contribution in [3.63, 3.8) is 0 Å². The number of rotatable bonds is 45. The van der Waals surface area contributed by atoms with Gasteiger partial charge in [-0.25, -0.2) is 4.57 Å². The van der Waals surface area contributed by atoms with Gasteiger partial charge in [0.25, 0.3) is 0 Å². The van der Waals surface area contributed by atoms with Gasteiger partial charge in [0, 0.05) is 12.8 Å². The maximum atomic E-state index is 12.6. The number of esters is 2. The second-order valence-electron chi connectivity index (χ2n) is 16.2. The van der Waals surface area contributed by atoms with E-state index in [9.17, 15) is 23.8 Å². The zero-order valence-electron chi connectivity index (χ0n) is 37.6. The maximum absolute atomic E-state index is 12.6. The lowest BCUT2D eigenvalue weighted by atomic mass is 10.0. The molecule has 12 heteroatoms. The molecule has 0 saturated heterocycles. The fraction of sp³-hybridized carbons (Fsp3) is 0.851. The van der Waals surface area contributed by atoms with Crippen LogP contribution in [-0.4, -0.2) is 59.9 Å². The van der Waals surface area contributed by atoms with Crippen LogP contribution in [0.15, 0.2) is 24.3 Å². The molecule has 0 spiro atoms. The van der Waals surface area contributed by atoms with Crippen molar-refractivity contribution in [2.24, 2.45) is 5.73 Å². The molecule has 0 rings (SSSR count). The second kappa shape index (κ2) is 42.6. The highest BCUT2D eigenvalue weighted by molar-refractivity contribution is 7.47. The van der Waals surface area contributed by atoms with E-state index in [-0.39, 0.29) is 19.4 Å². The topological polar surface area (TPSA) is 172 Å². The summed E-state index contributed by atoms with van der Waals surface area (Å²) >= 11 is 0. The lowest BCUT2D eigenvalue weighted by Crippen LogP contribution is -2.34. The molecule has 0 aliphatic heterocycles. The summed E-state index contributed by atoms with van der Waals surface area (Å²) < 4.78 is 32.7. The van der Waals surface area contributed by atoms with Crippen LogP contribution in [0.4, 0.5) is 0 Å². The van der Waals surface area contributed by atoms with E-state index in [2.05, 4.69) is 42.7 Å². The van der Waals surface area contributed by atoms with Crippen molar-refractivity contribution in [1.82, 2.24) is 0 Å². The Morgan fingerprint density at radius 3 is 1.39 bits per heavy atom. The number of phosphoric acid groups is 1. The minimum Gasteiger partial charge on any atom is -0.480 e. The predicted molar refractivity (Wildman–Crippen MR) is 240 cm³/mol. The molecule has 0 aromatic carbocycles. The molecule has 0 aromatic rings. The van der Waals surface area contributed by atoms with Crippen molar-refractivity contribution in [2.45, 2.75) is 238 Å². The van der Waals surface area contributed by atoms with Crippen molar-refractivity contribution in [3.8, 4) is 0 Å². The zero-order chi connectivity index (χ0) is 43.5. The Hall–Kier alpha value is -2.04. The molecule has 0 heterocycles. The highest BCUT2D eigenvalue weighted by Crippen LogP contribution is 2.43. The van der Waals surface area contributed by atoms with E-state index in [1.807, 2.05) is 0 Å². The first kappa shape index (κ1) is 57.0. The molecule has 0 bridgehead atoms. The number of carbonyl (C=O) groups excluding carboxylic acids is 2. The molecule has 0 radical (unpaired) electrons. The number of carboxylic acid groups (broad SMARTS) is 1. The summed E-state index contributed by atoms with van der Waals surface area (Å²) in [4.78, 5) is 46.0. The number of hydrogen-bond donors (Lipinski definition) is 3. The summed E-state index contributed by atoms with van der Waals surface area (Å²) in [6.07, 6.45) is 45.4. The van der Waals surface area contributed by atoms with Gasteiger partial charge in [-0.3, -0.25) is 23.4 Å². The van der Waals surface area contributed by atoms with Crippen molar-refractivity contribution < 1.29 is 47.5 Å². The third-order valence-electron chi connectivity index (χ3n) is 10.4. The van der Waals surface area contributed by atoms with Crippen molar-refractivity contribution in [3.05, 3.63) is 24.3 Å². The zero-order valence-corrected chi connectivity index (χ0v) is 38.5. The first-order valence-corrected chi connectivity index (χ1v) is 25.4. The van der Waals surface area contributed by atoms with E-state index in [4.69, 9.17) is 24.8 Å². The van der Waals surface area contributed by atoms with Gasteiger partial charge >= 0.3 is 25.7 Å². The standard InChI is InChI=1S/C47H88NO10P/c1-3-5-7-9-11-13-15-17-18-19-20-21-22-23-24-25-27-28-30-32-34-36-38-45(49)55-40-43(41-56-59(53,54)57-42-44(48)47(51)52)58-46(50)39-37-35-33-31-29-26-16-14-12-10-8-6-4-2/h8,10,14,16,43-44H,3-7,9,11-13,15,17-42,48H2,1-2H3,(H,51,52)(H,53,54)/b10-8-,16-14-. The molecule has 3 atom stereocenters. The normalized spacial score (nSPS) is 13.8. The van der Waals surface area contributed by atoms with E-state index in [1.54, 1.807) is 0 Å². The number of allylic oxidation sites excluding steroid dienone is 4. The van der Waals surface area contributed by atoms with Gasteiger partial charge in [-0.15, -0.1) is 0 Å². The van der Waals surface area contributed by atoms with Gasteiger partial charge in [0.2, 0.25) is 0 Å². The van der Waals surface area contributed by atoms with E-state index < -0.39 is 51.1 Å². The molecular weight excluding hydrogens is 769 g/mol. The van der Waals surface area contributed by atoms with Crippen LogP contribution < -0.4 is 5.73 Å². The fourth-order valence-electron chi connectivity index (χ4n) is 6.69. The molecule has 11 nitrogen and oxygen atoms in total. The van der Waals surface area contributed by atoms with Crippen LogP contribution in [0, 0.1) is 0 Å². The van der Waals surface area contributed by atoms with Gasteiger partial charge in [-0.05, 0) is 38.5 Å². The summed E-state index contributed by atoms with van der Waals surface area (Å²) in [5.41, 5.74) is 5.34. The average molecular weight is 858 g/mol. The fourth-order valence-corrected chi connectivity index (χ4v) is 7.47. The van der Waals surface area contributed by atoms with E-state index >= 15 is 0 Å². The quantitative estimate of drug-likeness (QED) is 0.0230. The van der Waals surface area contributed by atoms with Crippen LogP contribution in [0.25, 0.3) is 0 Å². The number of ether oxygens (including phenoxy) is 2. The minimum absolute atomic E-state index is 0.147. The third-order valence-corrected chi connectivity index (χ3v) is 11.4. The van der Waals surface area contributed by atoms with Crippen LogP contribution >= 0.6 is 7.82 Å². The smallest absolute Gasteiger partial charge is 0.472 e. The molecular formula is C47H88NO10P. The maximum Gasteiger partial charge on any atom is 0.472 e. The Labute approximate surface area is 360 Å². The Morgan fingerprint density at radius 2 is 0.932 bits per heavy atom. The molecule has 346 valence electrons. The SMILES string of the molecule is CCC/C=C\C/C=C\CCCCCCCC(=O)OC(COC(=O)CCCCCCCCCCCCCCCCCCCCCCCC)COP(=O)(O)OCC(N)C(=O)O. The first-order chi connectivity index (χ1) is 28.6. The lowest BCUT2D eigenvalue weighted by molar-refractivity contribution is -0.161. The summed E-state index contributed by atoms with van der Waals surface area (Å²) in [6.45, 7) is 2.75. The number of unbranched alkanes of at least 4 members (excludes halogenated alkanes) is 27. The summed E-state index contributed by atoms with van der Waals surface area (Å²) in [7, 11) is -4.72. The lowest BCUT2D eigenvalue weighted by Gasteiger charge is -2.20. The monoisotopic (exact) mass is 858 g/mol. The van der Waals surface area contributed by atoms with E-state index in [0.717, 1.165) is 70.6 Å². The molecule has 0 saturated carbocycles. The summed E-state index contributed by atoms with van der Waals surface area (Å²) in [6, 6.07) is -1.52. The van der Waals surface area contributed by atoms with Gasteiger partial charge in [-0.1, -0.05) is 199 Å². The van der Waals surface area contributed by atoms with Crippen LogP contribution in [0.3, 0.4) is 0 Å². The molecule has 59 heavy (non-hydrogen) atoms. The Bertz CT molecular complexity index is 1100. The van der Waals surface area contributed by atoms with Crippen LogP contribution in [0.2, 0.25) is 0 Å². The second-order valence-corrected chi connectivity index (χ2v) is 17.7. The molecule has 0 aliphatic rings. The third kappa shape index (κ3) is 42.4. The van der Waals surface area contributed by atoms with Crippen molar-refractivity contribution >= 4 is 25.7 Å². The molecule has 4 N–H and O–H groups in total. The van der Waals surface area contributed by atoms with Gasteiger partial charge < -0.3 is 25.2 Å². The molecule has 0 fully saturated rings. The largest absolute Gasteiger partial charge is 0.480 e. The number of aliphatic carboxylic acids is 1. The Balaban J connectivity index is 4.20. The van der Waals surface area contributed by atoms with Crippen molar-refractivity contribution in [1.29, 1.82) is 0 Å². The molecule has 0 amide bonds. The number of phosphoric ester groups is 1. The Morgan fingerprint density at radius 1 is 0.525 bits per heavy atom. The first-order valence-electron chi connectivity index (χ1n) is 23.9. The summed E-state index contributed by atoms with van der Waals surface area (Å²) in [5, 5.41) is 8.90. The van der Waals surface area contributed by atoms with Gasteiger partial charge in [0.1, 0.15) is 12.6 Å². The number of nitrogens with two attached hydrogens (primary N) is 1. The van der Waals surface area contributed by atoms with Gasteiger partial charge in [0.15, 0.2) is 6.10 Å². The molecule has 0 aromatic heterocycles. The predicted octanol–water partition coefficient (Wildman–Crippen LogP) is 13.0. The summed E-state index contributed by atoms with van der Waals surface area (Å²) in [5.74, 6) is -2.38. The average Bonchev–Trinajstić information content (AvgIpc) is 3.21. The van der Waals surface area contributed by atoms with Crippen LogP contribution in [-0.2, 0) is 37.5 Å². The number of carboxylic acids is 1. The van der Waals surface area contributed by atoms with Gasteiger partial charge in [-0.2, -0.15) is 0 Å². The van der Waals surface area contributed by atoms with E-state index in [1.165, 1.54) is 116 Å². The Kier molecular flexibility index (Phi) is 41.2. The highest BCUT2D eigenvalue weighted by atomic mass is 31.2. The van der Waals surface area contributed by atoms with E-state index in [0.29, 0.717) is 12.8 Å². The van der Waals surface area contributed by atoms with Crippen LogP contribution in [0.5, 0.6) is 0 Å².